The van der Waals surface area contributed by atoms with E-state index >= 15 is 0 Å². The Labute approximate surface area is 84.4 Å². The standard InChI is InChI=1S/C12H16O2/c1-8-6-12(7-9(8)2)10(13)4-3-5-11(12)14/h6,9H,3-5,7H2,1-2H3. The first-order valence-electron chi connectivity index (χ1n) is 5.32. The lowest BCUT2D eigenvalue weighted by Crippen LogP contribution is -2.39. The molecule has 0 N–H and O–H groups in total. The summed E-state index contributed by atoms with van der Waals surface area (Å²) in [7, 11) is 0. The van der Waals surface area contributed by atoms with Gasteiger partial charge in [-0.2, -0.15) is 0 Å². The van der Waals surface area contributed by atoms with E-state index in [9.17, 15) is 9.59 Å². The molecule has 1 fully saturated rings. The van der Waals surface area contributed by atoms with Crippen LogP contribution in [0, 0.1) is 11.3 Å². The van der Waals surface area contributed by atoms with Gasteiger partial charge >= 0.3 is 0 Å². The molecule has 0 heterocycles. The molecule has 1 saturated carbocycles. The van der Waals surface area contributed by atoms with Gasteiger partial charge in [0.15, 0.2) is 0 Å². The quantitative estimate of drug-likeness (QED) is 0.436. The second kappa shape index (κ2) is 3.04. The second-order valence-electron chi connectivity index (χ2n) is 4.66. The van der Waals surface area contributed by atoms with Gasteiger partial charge in [-0.15, -0.1) is 0 Å². The smallest absolute Gasteiger partial charge is 0.150 e. The molecule has 0 radical (unpaired) electrons. The van der Waals surface area contributed by atoms with E-state index in [2.05, 4.69) is 6.92 Å². The highest BCUT2D eigenvalue weighted by molar-refractivity contribution is 6.11. The fraction of sp³-hybridized carbons (Fsp3) is 0.667. The van der Waals surface area contributed by atoms with Crippen LogP contribution in [0.15, 0.2) is 11.6 Å². The fourth-order valence-electron chi connectivity index (χ4n) is 2.63. The second-order valence-corrected chi connectivity index (χ2v) is 4.66. The summed E-state index contributed by atoms with van der Waals surface area (Å²) in [6, 6.07) is 0. The normalized spacial score (nSPS) is 31.0. The monoisotopic (exact) mass is 192 g/mol. The Morgan fingerprint density at radius 3 is 2.29 bits per heavy atom. The van der Waals surface area contributed by atoms with Crippen LogP contribution in [-0.2, 0) is 9.59 Å². The third-order valence-electron chi connectivity index (χ3n) is 3.68. The van der Waals surface area contributed by atoms with Crippen LogP contribution in [0.2, 0.25) is 0 Å². The van der Waals surface area contributed by atoms with Crippen molar-refractivity contribution in [2.24, 2.45) is 11.3 Å². The molecule has 1 atom stereocenters. The summed E-state index contributed by atoms with van der Waals surface area (Å²) in [6.45, 7) is 4.12. The summed E-state index contributed by atoms with van der Waals surface area (Å²) < 4.78 is 0. The topological polar surface area (TPSA) is 34.1 Å². The Balaban J connectivity index is 2.39. The van der Waals surface area contributed by atoms with Crippen LogP contribution in [0.25, 0.3) is 0 Å². The van der Waals surface area contributed by atoms with E-state index in [-0.39, 0.29) is 11.6 Å². The van der Waals surface area contributed by atoms with Crippen molar-refractivity contribution in [2.75, 3.05) is 0 Å². The Morgan fingerprint density at radius 1 is 1.29 bits per heavy atom. The van der Waals surface area contributed by atoms with Crippen LogP contribution in [0.1, 0.15) is 39.5 Å². The maximum absolute atomic E-state index is 11.9. The summed E-state index contributed by atoms with van der Waals surface area (Å²) in [6.07, 6.45) is 4.57. The van der Waals surface area contributed by atoms with E-state index in [4.69, 9.17) is 0 Å². The Hall–Kier alpha value is -0.920. The first kappa shape index (κ1) is 9.63. The van der Waals surface area contributed by atoms with E-state index < -0.39 is 5.41 Å². The molecular formula is C12H16O2. The van der Waals surface area contributed by atoms with Gasteiger partial charge in [0.25, 0.3) is 0 Å². The number of hydrogen-bond donors (Lipinski definition) is 0. The van der Waals surface area contributed by atoms with Gasteiger partial charge in [0, 0.05) is 12.8 Å². The van der Waals surface area contributed by atoms with Gasteiger partial charge in [-0.3, -0.25) is 9.59 Å². The molecule has 2 heteroatoms. The Bertz CT molecular complexity index is 309. The van der Waals surface area contributed by atoms with Gasteiger partial charge < -0.3 is 0 Å². The number of Topliss-reactive ketones (excluding diaryl/α,β-unsaturated/α-hetero) is 2. The highest BCUT2D eigenvalue weighted by atomic mass is 16.2. The van der Waals surface area contributed by atoms with E-state index in [0.717, 1.165) is 12.8 Å². The van der Waals surface area contributed by atoms with Gasteiger partial charge in [0.1, 0.15) is 17.0 Å². The molecule has 0 saturated heterocycles. The fourth-order valence-corrected chi connectivity index (χ4v) is 2.63. The van der Waals surface area contributed by atoms with Crippen molar-refractivity contribution >= 4 is 11.6 Å². The SMILES string of the molecule is CC1=CC2(CC1C)C(=O)CCCC2=O. The van der Waals surface area contributed by atoms with Crippen LogP contribution in [-0.4, -0.2) is 11.6 Å². The van der Waals surface area contributed by atoms with Crippen molar-refractivity contribution in [3.8, 4) is 0 Å². The van der Waals surface area contributed by atoms with Gasteiger partial charge in [0.05, 0.1) is 0 Å². The lowest BCUT2D eigenvalue weighted by molar-refractivity contribution is -0.140. The highest BCUT2D eigenvalue weighted by Crippen LogP contribution is 2.45. The zero-order valence-electron chi connectivity index (χ0n) is 8.80. The predicted molar refractivity (Wildman–Crippen MR) is 53.8 cm³/mol. The molecule has 0 bridgehead atoms. The molecule has 2 rings (SSSR count). The number of carbonyl (C=O) groups excluding carboxylic acids is 2. The number of carbonyl (C=O) groups is 2. The number of ketones is 2. The lowest BCUT2D eigenvalue weighted by Gasteiger charge is -2.28. The van der Waals surface area contributed by atoms with Gasteiger partial charge in [-0.25, -0.2) is 0 Å². The molecule has 0 aromatic rings. The molecule has 1 spiro atoms. The number of allylic oxidation sites excluding steroid dienone is 2. The largest absolute Gasteiger partial charge is 0.298 e. The van der Waals surface area contributed by atoms with Crippen LogP contribution < -0.4 is 0 Å². The maximum Gasteiger partial charge on any atom is 0.150 e. The predicted octanol–water partition coefficient (Wildman–Crippen LogP) is 2.28. The van der Waals surface area contributed by atoms with Crippen molar-refractivity contribution in [3.63, 3.8) is 0 Å². The van der Waals surface area contributed by atoms with Gasteiger partial charge in [0.2, 0.25) is 0 Å². The van der Waals surface area contributed by atoms with Crippen LogP contribution in [0.5, 0.6) is 0 Å². The summed E-state index contributed by atoms with van der Waals surface area (Å²) in [5, 5.41) is 0. The number of rotatable bonds is 0. The third kappa shape index (κ3) is 1.17. The lowest BCUT2D eigenvalue weighted by atomic mass is 9.71. The molecule has 0 aromatic heterocycles. The van der Waals surface area contributed by atoms with E-state index in [0.29, 0.717) is 18.8 Å². The minimum absolute atomic E-state index is 0.150. The zero-order chi connectivity index (χ0) is 10.3. The Kier molecular flexibility index (Phi) is 2.09. The molecule has 14 heavy (non-hydrogen) atoms. The van der Waals surface area contributed by atoms with Gasteiger partial charge in [-0.05, 0) is 25.7 Å². The molecule has 2 aliphatic rings. The van der Waals surface area contributed by atoms with Crippen molar-refractivity contribution in [3.05, 3.63) is 11.6 Å². The highest BCUT2D eigenvalue weighted by Gasteiger charge is 2.48. The average molecular weight is 192 g/mol. The van der Waals surface area contributed by atoms with Crippen LogP contribution in [0.4, 0.5) is 0 Å². The first-order chi connectivity index (χ1) is 6.56. The third-order valence-corrected chi connectivity index (χ3v) is 3.68. The molecule has 2 nitrogen and oxygen atoms in total. The maximum atomic E-state index is 11.9. The van der Waals surface area contributed by atoms with E-state index in [1.165, 1.54) is 5.57 Å². The van der Waals surface area contributed by atoms with Crippen molar-refractivity contribution in [1.82, 2.24) is 0 Å². The molecule has 1 unspecified atom stereocenters. The van der Waals surface area contributed by atoms with Crippen LogP contribution in [0.3, 0.4) is 0 Å². The van der Waals surface area contributed by atoms with Crippen molar-refractivity contribution in [2.45, 2.75) is 39.5 Å². The zero-order valence-corrected chi connectivity index (χ0v) is 8.80. The van der Waals surface area contributed by atoms with E-state index in [1.807, 2.05) is 13.0 Å². The summed E-state index contributed by atoms with van der Waals surface area (Å²) in [5.74, 6) is 0.691. The molecule has 0 aliphatic heterocycles. The first-order valence-corrected chi connectivity index (χ1v) is 5.32. The summed E-state index contributed by atoms with van der Waals surface area (Å²) in [4.78, 5) is 23.7. The minimum atomic E-state index is -0.707. The Morgan fingerprint density at radius 2 is 1.86 bits per heavy atom. The minimum Gasteiger partial charge on any atom is -0.298 e. The molecule has 0 aromatic carbocycles. The van der Waals surface area contributed by atoms with Crippen molar-refractivity contribution in [1.29, 1.82) is 0 Å². The molecule has 0 amide bonds. The van der Waals surface area contributed by atoms with Crippen LogP contribution >= 0.6 is 0 Å². The molecule has 2 aliphatic carbocycles. The van der Waals surface area contributed by atoms with Gasteiger partial charge in [-0.1, -0.05) is 18.6 Å². The van der Waals surface area contributed by atoms with Crippen molar-refractivity contribution < 1.29 is 9.59 Å². The molecular weight excluding hydrogens is 176 g/mol. The average Bonchev–Trinajstić information content (AvgIpc) is 2.41. The summed E-state index contributed by atoms with van der Waals surface area (Å²) in [5.41, 5.74) is 0.496. The summed E-state index contributed by atoms with van der Waals surface area (Å²) >= 11 is 0. The number of hydrogen-bond acceptors (Lipinski definition) is 2. The molecule has 76 valence electrons. The van der Waals surface area contributed by atoms with E-state index in [1.54, 1.807) is 0 Å².